The van der Waals surface area contributed by atoms with E-state index in [1.807, 2.05) is 0 Å². The SMILES string of the molecule is CCC1CC2(CCOCC2)CN1C. The van der Waals surface area contributed by atoms with Gasteiger partial charge in [-0.15, -0.1) is 0 Å². The van der Waals surface area contributed by atoms with Gasteiger partial charge in [-0.05, 0) is 38.1 Å². The van der Waals surface area contributed by atoms with Crippen molar-refractivity contribution in [1.82, 2.24) is 4.90 Å². The Balaban J connectivity index is 2.01. The summed E-state index contributed by atoms with van der Waals surface area (Å²) in [6.45, 7) is 5.59. The first-order valence-electron chi connectivity index (χ1n) is 5.54. The molecule has 0 aliphatic carbocycles. The van der Waals surface area contributed by atoms with Crippen LogP contribution in [-0.4, -0.2) is 37.7 Å². The van der Waals surface area contributed by atoms with Crippen molar-refractivity contribution >= 4 is 0 Å². The van der Waals surface area contributed by atoms with Crippen LogP contribution in [0.3, 0.4) is 0 Å². The van der Waals surface area contributed by atoms with Gasteiger partial charge < -0.3 is 9.64 Å². The van der Waals surface area contributed by atoms with Gasteiger partial charge in [0.2, 0.25) is 0 Å². The minimum Gasteiger partial charge on any atom is -0.381 e. The van der Waals surface area contributed by atoms with Crippen LogP contribution in [0.4, 0.5) is 0 Å². The highest BCUT2D eigenvalue weighted by molar-refractivity contribution is 4.95. The Morgan fingerprint density at radius 3 is 2.62 bits per heavy atom. The van der Waals surface area contributed by atoms with Crippen molar-refractivity contribution in [3.8, 4) is 0 Å². The van der Waals surface area contributed by atoms with E-state index in [1.54, 1.807) is 0 Å². The van der Waals surface area contributed by atoms with E-state index in [0.717, 1.165) is 19.3 Å². The fourth-order valence-corrected chi connectivity index (χ4v) is 3.00. The molecule has 1 spiro atoms. The van der Waals surface area contributed by atoms with Crippen molar-refractivity contribution in [2.45, 2.75) is 38.6 Å². The number of hydrogen-bond acceptors (Lipinski definition) is 2. The number of nitrogens with zero attached hydrogens (tertiary/aromatic N) is 1. The Morgan fingerprint density at radius 1 is 1.38 bits per heavy atom. The third-order valence-corrected chi connectivity index (χ3v) is 3.90. The van der Waals surface area contributed by atoms with E-state index >= 15 is 0 Å². The van der Waals surface area contributed by atoms with Gasteiger partial charge in [0, 0.05) is 25.8 Å². The Hall–Kier alpha value is -0.0800. The molecular weight excluding hydrogens is 162 g/mol. The minimum absolute atomic E-state index is 0.619. The Morgan fingerprint density at radius 2 is 2.08 bits per heavy atom. The van der Waals surface area contributed by atoms with Crippen molar-refractivity contribution < 1.29 is 4.74 Å². The molecular formula is C11H21NO. The monoisotopic (exact) mass is 183 g/mol. The van der Waals surface area contributed by atoms with E-state index in [9.17, 15) is 0 Å². The fourth-order valence-electron chi connectivity index (χ4n) is 3.00. The highest BCUT2D eigenvalue weighted by atomic mass is 16.5. The molecule has 2 fully saturated rings. The van der Waals surface area contributed by atoms with Crippen LogP contribution in [0.15, 0.2) is 0 Å². The van der Waals surface area contributed by atoms with Crippen molar-refractivity contribution in [2.75, 3.05) is 26.8 Å². The summed E-state index contributed by atoms with van der Waals surface area (Å²) in [6.07, 6.45) is 5.28. The zero-order chi connectivity index (χ0) is 9.31. The van der Waals surface area contributed by atoms with Crippen LogP contribution in [0, 0.1) is 5.41 Å². The molecule has 0 bridgehead atoms. The van der Waals surface area contributed by atoms with Crippen LogP contribution < -0.4 is 0 Å². The molecule has 0 aromatic carbocycles. The summed E-state index contributed by atoms with van der Waals surface area (Å²) >= 11 is 0. The molecule has 2 aliphatic heterocycles. The van der Waals surface area contributed by atoms with Crippen molar-refractivity contribution in [1.29, 1.82) is 0 Å². The lowest BCUT2D eigenvalue weighted by Crippen LogP contribution is -2.32. The van der Waals surface area contributed by atoms with Gasteiger partial charge in [-0.3, -0.25) is 0 Å². The van der Waals surface area contributed by atoms with E-state index in [4.69, 9.17) is 4.74 Å². The molecule has 1 atom stereocenters. The molecule has 2 aliphatic rings. The molecule has 0 aromatic heterocycles. The maximum Gasteiger partial charge on any atom is 0.0471 e. The minimum atomic E-state index is 0.619. The average molecular weight is 183 g/mol. The number of likely N-dealkylation sites (tertiary alicyclic amines) is 1. The third kappa shape index (κ3) is 1.75. The lowest BCUT2D eigenvalue weighted by Gasteiger charge is -2.32. The van der Waals surface area contributed by atoms with Gasteiger partial charge in [0.1, 0.15) is 0 Å². The lowest BCUT2D eigenvalue weighted by atomic mass is 9.78. The summed E-state index contributed by atoms with van der Waals surface area (Å²) in [5, 5.41) is 0. The van der Waals surface area contributed by atoms with E-state index in [-0.39, 0.29) is 0 Å². The van der Waals surface area contributed by atoms with Gasteiger partial charge in [-0.2, -0.15) is 0 Å². The second-order valence-corrected chi connectivity index (χ2v) is 4.79. The van der Waals surface area contributed by atoms with Crippen LogP contribution in [0.1, 0.15) is 32.6 Å². The van der Waals surface area contributed by atoms with Crippen molar-refractivity contribution in [2.24, 2.45) is 5.41 Å². The summed E-state index contributed by atoms with van der Waals surface area (Å²) in [4.78, 5) is 2.55. The van der Waals surface area contributed by atoms with E-state index in [2.05, 4.69) is 18.9 Å². The van der Waals surface area contributed by atoms with Crippen LogP contribution in [-0.2, 0) is 4.74 Å². The predicted molar refractivity (Wildman–Crippen MR) is 53.8 cm³/mol. The van der Waals surface area contributed by atoms with Crippen molar-refractivity contribution in [3.05, 3.63) is 0 Å². The topological polar surface area (TPSA) is 12.5 Å². The largest absolute Gasteiger partial charge is 0.381 e. The zero-order valence-electron chi connectivity index (χ0n) is 8.88. The van der Waals surface area contributed by atoms with Crippen LogP contribution in [0.25, 0.3) is 0 Å². The first-order valence-corrected chi connectivity index (χ1v) is 5.54. The van der Waals surface area contributed by atoms with Gasteiger partial charge in [0.15, 0.2) is 0 Å². The normalized spacial score (nSPS) is 34.2. The molecule has 2 saturated heterocycles. The molecule has 76 valence electrons. The van der Waals surface area contributed by atoms with Crippen molar-refractivity contribution in [3.63, 3.8) is 0 Å². The second-order valence-electron chi connectivity index (χ2n) is 4.79. The highest BCUT2D eigenvalue weighted by Crippen LogP contribution is 2.42. The molecule has 0 aromatic rings. The summed E-state index contributed by atoms with van der Waals surface area (Å²) in [6, 6.07) is 0.832. The maximum atomic E-state index is 5.44. The first kappa shape index (κ1) is 9.47. The molecule has 0 saturated carbocycles. The molecule has 2 heteroatoms. The summed E-state index contributed by atoms with van der Waals surface area (Å²) in [5.74, 6) is 0. The standard InChI is InChI=1S/C11H21NO/c1-3-10-8-11(9-12(10)2)4-6-13-7-5-11/h10H,3-9H2,1-2H3. The Kier molecular flexibility index (Phi) is 2.61. The Bertz CT molecular complexity index is 175. The molecule has 2 nitrogen and oxygen atoms in total. The van der Waals surface area contributed by atoms with Gasteiger partial charge in [-0.25, -0.2) is 0 Å². The summed E-state index contributed by atoms with van der Waals surface area (Å²) < 4.78 is 5.44. The second kappa shape index (κ2) is 3.58. The van der Waals surface area contributed by atoms with Gasteiger partial charge >= 0.3 is 0 Å². The highest BCUT2D eigenvalue weighted by Gasteiger charge is 2.42. The summed E-state index contributed by atoms with van der Waals surface area (Å²) in [7, 11) is 2.28. The Labute approximate surface area is 81.3 Å². The molecule has 13 heavy (non-hydrogen) atoms. The third-order valence-electron chi connectivity index (χ3n) is 3.90. The van der Waals surface area contributed by atoms with E-state index in [1.165, 1.54) is 32.2 Å². The molecule has 0 N–H and O–H groups in total. The van der Waals surface area contributed by atoms with Crippen LogP contribution >= 0.6 is 0 Å². The summed E-state index contributed by atoms with van der Waals surface area (Å²) in [5.41, 5.74) is 0.619. The molecule has 2 rings (SSSR count). The average Bonchev–Trinajstić information content (AvgIpc) is 2.44. The first-order chi connectivity index (χ1) is 6.26. The number of hydrogen-bond donors (Lipinski definition) is 0. The molecule has 1 unspecified atom stereocenters. The number of ether oxygens (including phenoxy) is 1. The predicted octanol–water partition coefficient (Wildman–Crippen LogP) is 1.90. The smallest absolute Gasteiger partial charge is 0.0471 e. The zero-order valence-corrected chi connectivity index (χ0v) is 8.88. The van der Waals surface area contributed by atoms with Gasteiger partial charge in [0.05, 0.1) is 0 Å². The van der Waals surface area contributed by atoms with Crippen LogP contribution in [0.2, 0.25) is 0 Å². The lowest BCUT2D eigenvalue weighted by molar-refractivity contribution is 0.0202. The fraction of sp³-hybridized carbons (Fsp3) is 1.00. The van der Waals surface area contributed by atoms with Gasteiger partial charge in [0.25, 0.3) is 0 Å². The van der Waals surface area contributed by atoms with E-state index < -0.39 is 0 Å². The molecule has 0 radical (unpaired) electrons. The molecule has 0 amide bonds. The van der Waals surface area contributed by atoms with Crippen LogP contribution in [0.5, 0.6) is 0 Å². The van der Waals surface area contributed by atoms with Gasteiger partial charge in [-0.1, -0.05) is 6.92 Å². The molecule has 2 heterocycles. The quantitative estimate of drug-likeness (QED) is 0.615. The maximum absolute atomic E-state index is 5.44. The van der Waals surface area contributed by atoms with E-state index in [0.29, 0.717) is 5.41 Å². The number of rotatable bonds is 1.